The summed E-state index contributed by atoms with van der Waals surface area (Å²) in [6.07, 6.45) is 10.6. The van der Waals surface area contributed by atoms with Crippen LogP contribution in [-0.4, -0.2) is 52.1 Å². The predicted molar refractivity (Wildman–Crippen MR) is 111 cm³/mol. The summed E-state index contributed by atoms with van der Waals surface area (Å²) < 4.78 is 0. The average molecular weight is 400 g/mol. The maximum atomic E-state index is 12.1. The third kappa shape index (κ3) is 5.89. The van der Waals surface area contributed by atoms with Gasteiger partial charge in [0.1, 0.15) is 6.07 Å². The minimum Gasteiger partial charge on any atom is -0.393 e. The van der Waals surface area contributed by atoms with E-state index in [2.05, 4.69) is 21.4 Å². The van der Waals surface area contributed by atoms with Crippen molar-refractivity contribution in [1.82, 2.24) is 14.9 Å². The number of hydrogen-bond donors (Lipinski definition) is 2. The maximum absolute atomic E-state index is 12.1. The number of aliphatic hydroxyl groups is 1. The Bertz CT molecular complexity index is 737. The van der Waals surface area contributed by atoms with Crippen molar-refractivity contribution in [3.63, 3.8) is 0 Å². The molecule has 1 aromatic rings. The topological polar surface area (TPSA) is 102 Å². The second kappa shape index (κ2) is 10.0. The first-order valence-corrected chi connectivity index (χ1v) is 10.9. The van der Waals surface area contributed by atoms with E-state index in [4.69, 9.17) is 0 Å². The van der Waals surface area contributed by atoms with E-state index in [-0.39, 0.29) is 24.0 Å². The molecule has 1 amide bonds. The van der Waals surface area contributed by atoms with Gasteiger partial charge in [-0.25, -0.2) is 9.97 Å². The van der Waals surface area contributed by atoms with Crippen LogP contribution in [0.5, 0.6) is 0 Å². The Balaban J connectivity index is 1.62. The lowest BCUT2D eigenvalue weighted by atomic mass is 9.85. The van der Waals surface area contributed by atoms with Crippen molar-refractivity contribution in [3.8, 4) is 6.07 Å². The standard InChI is InChI=1S/C22H33N5O2/c1-27(2)21(29)16-7-9-18(10-8-16)25-22-24-14-17(13-23)20(26-22)12-15-5-3-4-6-19(28)11-15/h14-16,18-19,28H,3-12H2,1-2H3,(H,24,25,26)/t15-,16?,18?,19+/m1/s1. The number of aliphatic hydroxyl groups excluding tert-OH is 1. The molecule has 0 aromatic carbocycles. The van der Waals surface area contributed by atoms with Crippen LogP contribution in [0.25, 0.3) is 0 Å². The second-order valence-electron chi connectivity index (χ2n) is 8.84. The number of nitriles is 1. The van der Waals surface area contributed by atoms with Gasteiger partial charge in [0.05, 0.1) is 23.6 Å². The molecule has 2 N–H and O–H groups in total. The number of carbonyl (C=O) groups is 1. The first kappa shape index (κ1) is 21.5. The fourth-order valence-electron chi connectivity index (χ4n) is 4.66. The molecule has 7 nitrogen and oxygen atoms in total. The van der Waals surface area contributed by atoms with Crippen LogP contribution in [0.1, 0.15) is 69.0 Å². The Labute approximate surface area is 173 Å². The van der Waals surface area contributed by atoms with E-state index >= 15 is 0 Å². The van der Waals surface area contributed by atoms with Gasteiger partial charge in [0.15, 0.2) is 0 Å². The van der Waals surface area contributed by atoms with Crippen LogP contribution in [0.3, 0.4) is 0 Å². The van der Waals surface area contributed by atoms with Crippen LogP contribution in [0.4, 0.5) is 5.95 Å². The second-order valence-corrected chi connectivity index (χ2v) is 8.84. The van der Waals surface area contributed by atoms with Crippen LogP contribution in [0.2, 0.25) is 0 Å². The van der Waals surface area contributed by atoms with Gasteiger partial charge in [0.2, 0.25) is 11.9 Å². The predicted octanol–water partition coefficient (Wildman–Crippen LogP) is 2.89. The molecule has 0 spiro atoms. The van der Waals surface area contributed by atoms with Crippen LogP contribution < -0.4 is 5.32 Å². The molecule has 0 radical (unpaired) electrons. The van der Waals surface area contributed by atoms with Crippen molar-refractivity contribution >= 4 is 11.9 Å². The zero-order valence-electron chi connectivity index (χ0n) is 17.6. The zero-order chi connectivity index (χ0) is 20.8. The van der Waals surface area contributed by atoms with E-state index in [9.17, 15) is 15.2 Å². The van der Waals surface area contributed by atoms with Gasteiger partial charge in [0.25, 0.3) is 0 Å². The quantitative estimate of drug-likeness (QED) is 0.738. The molecular weight excluding hydrogens is 366 g/mol. The Kier molecular flexibility index (Phi) is 7.43. The van der Waals surface area contributed by atoms with Crippen LogP contribution in [0, 0.1) is 23.2 Å². The lowest BCUT2D eigenvalue weighted by Crippen LogP contribution is -2.35. The van der Waals surface area contributed by atoms with Gasteiger partial charge >= 0.3 is 0 Å². The van der Waals surface area contributed by atoms with Crippen molar-refractivity contribution < 1.29 is 9.90 Å². The fraction of sp³-hybridized carbons (Fsp3) is 0.727. The van der Waals surface area contributed by atoms with E-state index in [0.717, 1.165) is 63.5 Å². The molecule has 2 fully saturated rings. The highest BCUT2D eigenvalue weighted by Gasteiger charge is 2.28. The largest absolute Gasteiger partial charge is 0.393 e. The molecule has 3 rings (SSSR count). The van der Waals surface area contributed by atoms with Gasteiger partial charge in [-0.1, -0.05) is 12.8 Å². The van der Waals surface area contributed by atoms with Crippen LogP contribution >= 0.6 is 0 Å². The van der Waals surface area contributed by atoms with E-state index in [0.29, 0.717) is 23.9 Å². The molecule has 0 bridgehead atoms. The van der Waals surface area contributed by atoms with E-state index in [1.807, 2.05) is 14.1 Å². The number of nitrogens with one attached hydrogen (secondary N) is 1. The average Bonchev–Trinajstić information content (AvgIpc) is 2.92. The SMILES string of the molecule is CN(C)C(=O)C1CCC(Nc2ncc(C#N)c(C[C@@H]3CCCC[C@H](O)C3)n2)CC1. The summed E-state index contributed by atoms with van der Waals surface area (Å²) in [6, 6.07) is 2.47. The summed E-state index contributed by atoms with van der Waals surface area (Å²) in [7, 11) is 3.62. The number of amides is 1. The summed E-state index contributed by atoms with van der Waals surface area (Å²) in [5, 5.41) is 23.0. The first-order chi connectivity index (χ1) is 14.0. The normalized spacial score (nSPS) is 27.5. The highest BCUT2D eigenvalue weighted by molar-refractivity contribution is 5.78. The van der Waals surface area contributed by atoms with Gasteiger partial charge < -0.3 is 15.3 Å². The summed E-state index contributed by atoms with van der Waals surface area (Å²) in [6.45, 7) is 0. The highest BCUT2D eigenvalue weighted by atomic mass is 16.3. The van der Waals surface area contributed by atoms with Crippen molar-refractivity contribution in [2.24, 2.45) is 11.8 Å². The Hall–Kier alpha value is -2.20. The van der Waals surface area contributed by atoms with Crippen LogP contribution in [-0.2, 0) is 11.2 Å². The number of rotatable bonds is 5. The van der Waals surface area contributed by atoms with Crippen molar-refractivity contribution in [3.05, 3.63) is 17.5 Å². The van der Waals surface area contributed by atoms with Gasteiger partial charge in [-0.3, -0.25) is 4.79 Å². The third-order valence-corrected chi connectivity index (χ3v) is 6.33. The number of hydrogen-bond acceptors (Lipinski definition) is 6. The van der Waals surface area contributed by atoms with Crippen molar-refractivity contribution in [2.45, 2.75) is 76.4 Å². The summed E-state index contributed by atoms with van der Waals surface area (Å²) in [5.74, 6) is 1.25. The summed E-state index contributed by atoms with van der Waals surface area (Å²) in [4.78, 5) is 22.8. The van der Waals surface area contributed by atoms with Gasteiger partial charge in [-0.2, -0.15) is 5.26 Å². The minimum atomic E-state index is -0.243. The Morgan fingerprint density at radius 2 is 1.97 bits per heavy atom. The number of aromatic nitrogens is 2. The maximum Gasteiger partial charge on any atom is 0.225 e. The molecule has 0 unspecified atom stereocenters. The molecule has 2 atom stereocenters. The molecule has 2 saturated carbocycles. The smallest absolute Gasteiger partial charge is 0.225 e. The summed E-state index contributed by atoms with van der Waals surface area (Å²) >= 11 is 0. The van der Waals surface area contributed by atoms with Crippen LogP contribution in [0.15, 0.2) is 6.20 Å². The van der Waals surface area contributed by atoms with Gasteiger partial charge in [-0.15, -0.1) is 0 Å². The van der Waals surface area contributed by atoms with E-state index in [1.54, 1.807) is 11.1 Å². The van der Waals surface area contributed by atoms with Gasteiger partial charge in [0, 0.05) is 26.1 Å². The number of carbonyl (C=O) groups excluding carboxylic acids is 1. The zero-order valence-corrected chi connectivity index (χ0v) is 17.6. The van der Waals surface area contributed by atoms with Crippen molar-refractivity contribution in [1.29, 1.82) is 5.26 Å². The Morgan fingerprint density at radius 1 is 1.24 bits per heavy atom. The molecule has 7 heteroatoms. The van der Waals surface area contributed by atoms with Gasteiger partial charge in [-0.05, 0) is 57.3 Å². The lowest BCUT2D eigenvalue weighted by Gasteiger charge is -2.30. The fourth-order valence-corrected chi connectivity index (χ4v) is 4.66. The molecule has 1 heterocycles. The number of nitrogens with zero attached hydrogens (tertiary/aromatic N) is 4. The third-order valence-electron chi connectivity index (χ3n) is 6.33. The highest BCUT2D eigenvalue weighted by Crippen LogP contribution is 2.29. The molecule has 0 aliphatic heterocycles. The molecule has 1 aromatic heterocycles. The molecule has 158 valence electrons. The Morgan fingerprint density at radius 3 is 2.66 bits per heavy atom. The summed E-state index contributed by atoms with van der Waals surface area (Å²) in [5.41, 5.74) is 1.30. The van der Waals surface area contributed by atoms with Crippen molar-refractivity contribution in [2.75, 3.05) is 19.4 Å². The molecule has 0 saturated heterocycles. The number of anilines is 1. The first-order valence-electron chi connectivity index (χ1n) is 10.9. The minimum absolute atomic E-state index is 0.113. The molecule has 29 heavy (non-hydrogen) atoms. The lowest BCUT2D eigenvalue weighted by molar-refractivity contribution is -0.133. The molecule has 2 aliphatic carbocycles. The monoisotopic (exact) mass is 399 g/mol. The van der Waals surface area contributed by atoms with E-state index < -0.39 is 0 Å². The molecular formula is C22H33N5O2. The van der Waals surface area contributed by atoms with E-state index in [1.165, 1.54) is 0 Å². The molecule has 2 aliphatic rings.